The maximum atomic E-state index is 12.6. The molecule has 6 heteroatoms. The number of aromatic amines is 1. The van der Waals surface area contributed by atoms with Gasteiger partial charge in [0.05, 0.1) is 13.7 Å². The Morgan fingerprint density at radius 1 is 1.35 bits per heavy atom. The van der Waals surface area contributed by atoms with E-state index in [9.17, 15) is 14.4 Å². The Bertz CT molecular complexity index is 656. The standard InChI is InChI=1S/C17H22N2O4/c1-5-8-19(16(21)12-6-7-12)9-13(20)14-10(2)15(17(22)23-4)18-11(14)3/h5,12,18H,1,6-9H2,2-4H3. The highest BCUT2D eigenvalue weighted by molar-refractivity contribution is 6.04. The Hall–Kier alpha value is -2.37. The molecular weight excluding hydrogens is 296 g/mol. The molecule has 1 aliphatic rings. The summed E-state index contributed by atoms with van der Waals surface area (Å²) in [6.07, 6.45) is 3.38. The number of carbonyl (C=O) groups is 3. The maximum absolute atomic E-state index is 12.6. The average Bonchev–Trinajstić information content (AvgIpc) is 3.31. The van der Waals surface area contributed by atoms with Crippen molar-refractivity contribution in [3.8, 4) is 0 Å². The molecule has 0 spiro atoms. The van der Waals surface area contributed by atoms with Gasteiger partial charge in [-0.05, 0) is 32.3 Å². The second-order valence-electron chi connectivity index (χ2n) is 5.82. The molecule has 1 N–H and O–H groups in total. The number of Topliss-reactive ketones (excluding diaryl/α,β-unsaturated/α-hetero) is 1. The lowest BCUT2D eigenvalue weighted by Gasteiger charge is -2.20. The van der Waals surface area contributed by atoms with Crippen molar-refractivity contribution >= 4 is 17.7 Å². The van der Waals surface area contributed by atoms with Crippen LogP contribution >= 0.6 is 0 Å². The first-order chi connectivity index (χ1) is 10.9. The van der Waals surface area contributed by atoms with Crippen LogP contribution in [0.1, 0.15) is 44.9 Å². The molecule has 0 radical (unpaired) electrons. The monoisotopic (exact) mass is 318 g/mol. The molecule has 1 fully saturated rings. The Morgan fingerprint density at radius 3 is 2.52 bits per heavy atom. The van der Waals surface area contributed by atoms with Crippen LogP contribution in [-0.4, -0.2) is 47.7 Å². The molecule has 1 aliphatic carbocycles. The molecule has 6 nitrogen and oxygen atoms in total. The average molecular weight is 318 g/mol. The lowest BCUT2D eigenvalue weighted by molar-refractivity contribution is -0.131. The van der Waals surface area contributed by atoms with Gasteiger partial charge in [-0.25, -0.2) is 4.79 Å². The van der Waals surface area contributed by atoms with E-state index in [0.29, 0.717) is 23.4 Å². The minimum atomic E-state index is -0.512. The molecule has 124 valence electrons. The van der Waals surface area contributed by atoms with Gasteiger partial charge in [-0.15, -0.1) is 6.58 Å². The lowest BCUT2D eigenvalue weighted by atomic mass is 10.0. The highest BCUT2D eigenvalue weighted by Gasteiger charge is 2.34. The SMILES string of the molecule is C=CCN(CC(=O)c1c(C)[nH]c(C(=O)OC)c1C)C(=O)C1CC1. The van der Waals surface area contributed by atoms with Crippen LogP contribution in [0.4, 0.5) is 0 Å². The number of rotatable bonds is 7. The van der Waals surface area contributed by atoms with Crippen molar-refractivity contribution in [3.63, 3.8) is 0 Å². The van der Waals surface area contributed by atoms with Crippen LogP contribution in [-0.2, 0) is 9.53 Å². The second kappa shape index (κ2) is 6.81. The zero-order valence-electron chi connectivity index (χ0n) is 13.8. The predicted octanol–water partition coefficient (Wildman–Crippen LogP) is 2.03. The summed E-state index contributed by atoms with van der Waals surface area (Å²) in [7, 11) is 1.29. The third-order valence-electron chi connectivity index (χ3n) is 4.03. The summed E-state index contributed by atoms with van der Waals surface area (Å²) in [5.74, 6) is -0.664. The lowest BCUT2D eigenvalue weighted by Crippen LogP contribution is -2.37. The number of aromatic nitrogens is 1. The van der Waals surface area contributed by atoms with Crippen LogP contribution in [0.3, 0.4) is 0 Å². The summed E-state index contributed by atoms with van der Waals surface area (Å²) in [6.45, 7) is 7.40. The minimum Gasteiger partial charge on any atom is -0.464 e. The number of H-pyrrole nitrogens is 1. The molecule has 0 saturated heterocycles. The van der Waals surface area contributed by atoms with Gasteiger partial charge in [-0.3, -0.25) is 9.59 Å². The first-order valence-corrected chi connectivity index (χ1v) is 7.61. The van der Waals surface area contributed by atoms with Crippen LogP contribution in [0.15, 0.2) is 12.7 Å². The molecule has 0 atom stereocenters. The number of ketones is 1. The first kappa shape index (κ1) is 17.0. The van der Waals surface area contributed by atoms with Crippen LogP contribution in [0.25, 0.3) is 0 Å². The van der Waals surface area contributed by atoms with Crippen molar-refractivity contribution in [1.29, 1.82) is 0 Å². The Labute approximate surface area is 135 Å². The van der Waals surface area contributed by atoms with E-state index in [1.165, 1.54) is 12.0 Å². The summed E-state index contributed by atoms with van der Waals surface area (Å²) in [6, 6.07) is 0. The molecule has 0 aliphatic heterocycles. The number of hydrogen-bond acceptors (Lipinski definition) is 4. The molecule has 0 bridgehead atoms. The van der Waals surface area contributed by atoms with Gasteiger partial charge < -0.3 is 14.6 Å². The van der Waals surface area contributed by atoms with Crippen molar-refractivity contribution in [2.75, 3.05) is 20.2 Å². The number of methoxy groups -OCH3 is 1. The van der Waals surface area contributed by atoms with E-state index < -0.39 is 5.97 Å². The number of nitrogens with zero attached hydrogens (tertiary/aromatic N) is 1. The van der Waals surface area contributed by atoms with Crippen molar-refractivity contribution in [1.82, 2.24) is 9.88 Å². The van der Waals surface area contributed by atoms with Crippen LogP contribution < -0.4 is 0 Å². The second-order valence-corrected chi connectivity index (χ2v) is 5.82. The smallest absolute Gasteiger partial charge is 0.354 e. The summed E-state index contributed by atoms with van der Waals surface area (Å²) >= 11 is 0. The number of esters is 1. The van der Waals surface area contributed by atoms with Crippen LogP contribution in [0.2, 0.25) is 0 Å². The number of nitrogens with one attached hydrogen (secondary N) is 1. The summed E-state index contributed by atoms with van der Waals surface area (Å²) < 4.78 is 4.70. The van der Waals surface area contributed by atoms with Gasteiger partial charge in [0.2, 0.25) is 5.91 Å². The Balaban J connectivity index is 2.22. The van der Waals surface area contributed by atoms with Crippen molar-refractivity contribution in [2.45, 2.75) is 26.7 Å². The van der Waals surface area contributed by atoms with Crippen molar-refractivity contribution in [2.24, 2.45) is 5.92 Å². The van der Waals surface area contributed by atoms with Crippen molar-refractivity contribution < 1.29 is 19.1 Å². The van der Waals surface area contributed by atoms with Gasteiger partial charge in [-0.1, -0.05) is 6.08 Å². The molecule has 2 rings (SSSR count). The van der Waals surface area contributed by atoms with Crippen LogP contribution in [0, 0.1) is 19.8 Å². The molecule has 1 saturated carbocycles. The molecule has 1 heterocycles. The largest absolute Gasteiger partial charge is 0.464 e. The zero-order valence-corrected chi connectivity index (χ0v) is 13.8. The van der Waals surface area contributed by atoms with E-state index in [4.69, 9.17) is 4.74 Å². The highest BCUT2D eigenvalue weighted by Crippen LogP contribution is 2.31. The molecule has 0 unspecified atom stereocenters. The van der Waals surface area contributed by atoms with Gasteiger partial charge in [0.25, 0.3) is 0 Å². The number of hydrogen-bond donors (Lipinski definition) is 1. The number of ether oxygens (including phenoxy) is 1. The normalized spacial score (nSPS) is 13.5. The highest BCUT2D eigenvalue weighted by atomic mass is 16.5. The molecule has 1 aromatic rings. The predicted molar refractivity (Wildman–Crippen MR) is 85.4 cm³/mol. The fourth-order valence-electron chi connectivity index (χ4n) is 2.70. The van der Waals surface area contributed by atoms with Crippen molar-refractivity contribution in [3.05, 3.63) is 35.2 Å². The van der Waals surface area contributed by atoms with Crippen LogP contribution in [0.5, 0.6) is 0 Å². The quantitative estimate of drug-likeness (QED) is 0.474. The zero-order chi connectivity index (χ0) is 17.1. The van der Waals surface area contributed by atoms with E-state index >= 15 is 0 Å². The first-order valence-electron chi connectivity index (χ1n) is 7.61. The number of carbonyl (C=O) groups excluding carboxylic acids is 3. The van der Waals surface area contributed by atoms with E-state index in [1.54, 1.807) is 19.9 Å². The fourth-order valence-corrected chi connectivity index (χ4v) is 2.70. The van der Waals surface area contributed by atoms with Gasteiger partial charge in [0, 0.05) is 23.7 Å². The summed E-state index contributed by atoms with van der Waals surface area (Å²) in [5.41, 5.74) is 1.88. The number of aryl methyl sites for hydroxylation is 1. The summed E-state index contributed by atoms with van der Waals surface area (Å²) in [5, 5.41) is 0. The third-order valence-corrected chi connectivity index (χ3v) is 4.03. The molecule has 0 aromatic carbocycles. The molecule has 23 heavy (non-hydrogen) atoms. The molecule has 1 aromatic heterocycles. The maximum Gasteiger partial charge on any atom is 0.354 e. The van der Waals surface area contributed by atoms with Gasteiger partial charge >= 0.3 is 5.97 Å². The molecule has 1 amide bonds. The van der Waals surface area contributed by atoms with Gasteiger partial charge in [-0.2, -0.15) is 0 Å². The van der Waals surface area contributed by atoms with E-state index in [-0.39, 0.29) is 29.8 Å². The minimum absolute atomic E-state index is 0.00252. The summed E-state index contributed by atoms with van der Waals surface area (Å²) in [4.78, 5) is 41.0. The third kappa shape index (κ3) is 3.52. The topological polar surface area (TPSA) is 79.5 Å². The van der Waals surface area contributed by atoms with Gasteiger partial charge in [0.15, 0.2) is 5.78 Å². The van der Waals surface area contributed by atoms with E-state index in [2.05, 4.69) is 11.6 Å². The Kier molecular flexibility index (Phi) is 5.03. The molecular formula is C17H22N2O4. The van der Waals surface area contributed by atoms with Gasteiger partial charge in [0.1, 0.15) is 5.69 Å². The number of amides is 1. The van der Waals surface area contributed by atoms with E-state index in [1.807, 2.05) is 0 Å². The fraction of sp³-hybridized carbons (Fsp3) is 0.471. The Morgan fingerprint density at radius 2 is 2.00 bits per heavy atom. The van der Waals surface area contributed by atoms with E-state index in [0.717, 1.165) is 12.8 Å².